The molecule has 2 fully saturated rings. The maximum atomic E-state index is 13.0. The molecular formula is C16H24FN3O2S. The van der Waals surface area contributed by atoms with E-state index in [-0.39, 0.29) is 11.9 Å². The Balaban J connectivity index is 1.60. The van der Waals surface area contributed by atoms with E-state index in [2.05, 4.69) is 11.8 Å². The van der Waals surface area contributed by atoms with E-state index >= 15 is 0 Å². The molecule has 2 aliphatic heterocycles. The van der Waals surface area contributed by atoms with Crippen molar-refractivity contribution in [2.24, 2.45) is 0 Å². The quantitative estimate of drug-likeness (QED) is 0.839. The Labute approximate surface area is 137 Å². The summed E-state index contributed by atoms with van der Waals surface area (Å²) in [4.78, 5) is 2.25. The van der Waals surface area contributed by atoms with Crippen molar-refractivity contribution in [3.05, 3.63) is 35.6 Å². The van der Waals surface area contributed by atoms with E-state index in [4.69, 9.17) is 0 Å². The Hall–Kier alpha value is -1.02. The average molecular weight is 341 g/mol. The lowest BCUT2D eigenvalue weighted by Gasteiger charge is -2.38. The molecule has 5 nitrogen and oxygen atoms in total. The van der Waals surface area contributed by atoms with E-state index < -0.39 is 10.2 Å². The summed E-state index contributed by atoms with van der Waals surface area (Å²) in [5.74, 6) is -0.234. The van der Waals surface area contributed by atoms with Crippen LogP contribution in [0.15, 0.2) is 24.3 Å². The summed E-state index contributed by atoms with van der Waals surface area (Å²) in [6.07, 6.45) is 1.92. The van der Waals surface area contributed by atoms with Gasteiger partial charge in [0.15, 0.2) is 0 Å². The highest BCUT2D eigenvalue weighted by Crippen LogP contribution is 2.24. The van der Waals surface area contributed by atoms with Crippen molar-refractivity contribution in [2.75, 3.05) is 39.3 Å². The normalized spacial score (nSPS) is 23.2. The maximum Gasteiger partial charge on any atom is 0.282 e. The fourth-order valence-electron chi connectivity index (χ4n) is 3.36. The molecular weight excluding hydrogens is 317 g/mol. The first-order valence-corrected chi connectivity index (χ1v) is 9.63. The van der Waals surface area contributed by atoms with Gasteiger partial charge in [-0.1, -0.05) is 12.1 Å². The second-order valence-corrected chi connectivity index (χ2v) is 8.20. The van der Waals surface area contributed by atoms with Gasteiger partial charge < -0.3 is 0 Å². The molecule has 1 aromatic carbocycles. The first-order chi connectivity index (χ1) is 11.0. The van der Waals surface area contributed by atoms with Crippen LogP contribution in [0.25, 0.3) is 0 Å². The third-order valence-corrected chi connectivity index (χ3v) is 6.93. The number of nitrogens with zero attached hydrogens (tertiary/aromatic N) is 3. The van der Waals surface area contributed by atoms with E-state index in [1.165, 1.54) is 12.1 Å². The Kier molecular flexibility index (Phi) is 5.01. The van der Waals surface area contributed by atoms with Crippen LogP contribution in [-0.2, 0) is 10.2 Å². The largest absolute Gasteiger partial charge is 0.294 e. The Bertz CT molecular complexity index is 621. The van der Waals surface area contributed by atoms with Crippen LogP contribution in [-0.4, -0.2) is 61.2 Å². The van der Waals surface area contributed by atoms with Crippen LogP contribution in [0.3, 0.4) is 0 Å². The first-order valence-electron chi connectivity index (χ1n) is 8.23. The van der Waals surface area contributed by atoms with Gasteiger partial charge in [0.05, 0.1) is 0 Å². The lowest BCUT2D eigenvalue weighted by Crippen LogP contribution is -2.52. The Morgan fingerprint density at radius 2 is 1.43 bits per heavy atom. The van der Waals surface area contributed by atoms with Crippen LogP contribution in [0, 0.1) is 5.82 Å². The van der Waals surface area contributed by atoms with Crippen LogP contribution in [0.1, 0.15) is 31.4 Å². The number of hydrogen-bond donors (Lipinski definition) is 0. The number of halogens is 1. The molecule has 2 heterocycles. The van der Waals surface area contributed by atoms with Crippen LogP contribution in [0.2, 0.25) is 0 Å². The minimum Gasteiger partial charge on any atom is -0.294 e. The summed E-state index contributed by atoms with van der Waals surface area (Å²) < 4.78 is 41.4. The average Bonchev–Trinajstić information content (AvgIpc) is 3.10. The zero-order valence-corrected chi connectivity index (χ0v) is 14.3. The highest BCUT2D eigenvalue weighted by molar-refractivity contribution is 7.86. The minimum absolute atomic E-state index is 0.159. The molecule has 1 atom stereocenters. The van der Waals surface area contributed by atoms with Crippen molar-refractivity contribution >= 4 is 10.2 Å². The lowest BCUT2D eigenvalue weighted by atomic mass is 10.1. The highest BCUT2D eigenvalue weighted by atomic mass is 32.2. The van der Waals surface area contributed by atoms with Crippen molar-refractivity contribution < 1.29 is 12.8 Å². The Morgan fingerprint density at radius 1 is 0.913 bits per heavy atom. The highest BCUT2D eigenvalue weighted by Gasteiger charge is 2.34. The molecule has 0 N–H and O–H groups in total. The van der Waals surface area contributed by atoms with E-state index in [0.717, 1.165) is 18.4 Å². The topological polar surface area (TPSA) is 43.9 Å². The van der Waals surface area contributed by atoms with Crippen LogP contribution < -0.4 is 0 Å². The Morgan fingerprint density at radius 3 is 2.00 bits per heavy atom. The summed E-state index contributed by atoms with van der Waals surface area (Å²) in [7, 11) is -3.29. The monoisotopic (exact) mass is 341 g/mol. The van der Waals surface area contributed by atoms with E-state index in [1.54, 1.807) is 20.7 Å². The first kappa shape index (κ1) is 16.8. The molecule has 2 aliphatic rings. The molecule has 0 spiro atoms. The summed E-state index contributed by atoms with van der Waals surface area (Å²) in [5.41, 5.74) is 1.06. The van der Waals surface area contributed by atoms with Gasteiger partial charge in [-0.3, -0.25) is 4.90 Å². The zero-order chi connectivity index (χ0) is 16.4. The van der Waals surface area contributed by atoms with Crippen molar-refractivity contribution in [1.29, 1.82) is 0 Å². The summed E-state index contributed by atoms with van der Waals surface area (Å²) >= 11 is 0. The molecule has 0 radical (unpaired) electrons. The number of rotatable bonds is 4. The zero-order valence-electron chi connectivity index (χ0n) is 13.5. The molecule has 0 bridgehead atoms. The van der Waals surface area contributed by atoms with E-state index in [0.29, 0.717) is 39.3 Å². The molecule has 0 aliphatic carbocycles. The van der Waals surface area contributed by atoms with Crippen molar-refractivity contribution in [1.82, 2.24) is 13.5 Å². The van der Waals surface area contributed by atoms with Gasteiger partial charge in [0.1, 0.15) is 5.82 Å². The summed E-state index contributed by atoms with van der Waals surface area (Å²) in [6.45, 7) is 5.81. The smallest absolute Gasteiger partial charge is 0.282 e. The standard InChI is InChI=1S/C16H24FN3O2S/c1-14(15-4-6-16(17)7-5-15)18-10-12-20(13-11-18)23(21,22)19-8-2-3-9-19/h4-7,14H,2-3,8-13H2,1H3/t14-/m0/s1. The summed E-state index contributed by atoms with van der Waals surface area (Å²) in [5, 5.41) is 0. The molecule has 0 unspecified atom stereocenters. The second kappa shape index (κ2) is 6.84. The number of piperazine rings is 1. The number of hydrogen-bond acceptors (Lipinski definition) is 3. The molecule has 128 valence electrons. The summed E-state index contributed by atoms with van der Waals surface area (Å²) in [6, 6.07) is 6.70. The lowest BCUT2D eigenvalue weighted by molar-refractivity contribution is 0.142. The van der Waals surface area contributed by atoms with Crippen LogP contribution in [0.5, 0.6) is 0 Å². The fraction of sp³-hybridized carbons (Fsp3) is 0.625. The van der Waals surface area contributed by atoms with Gasteiger partial charge in [0.2, 0.25) is 0 Å². The molecule has 7 heteroatoms. The van der Waals surface area contributed by atoms with Crippen molar-refractivity contribution in [2.45, 2.75) is 25.8 Å². The van der Waals surface area contributed by atoms with Gasteiger partial charge in [0, 0.05) is 45.3 Å². The number of benzene rings is 1. The van der Waals surface area contributed by atoms with Gasteiger partial charge in [-0.2, -0.15) is 17.0 Å². The SMILES string of the molecule is C[C@@H](c1ccc(F)cc1)N1CCN(S(=O)(=O)N2CCCC2)CC1. The predicted octanol–water partition coefficient (Wildman–Crippen LogP) is 1.84. The van der Waals surface area contributed by atoms with Gasteiger partial charge in [-0.25, -0.2) is 4.39 Å². The van der Waals surface area contributed by atoms with Crippen LogP contribution >= 0.6 is 0 Å². The third-order valence-electron chi connectivity index (χ3n) is 4.89. The van der Waals surface area contributed by atoms with Crippen molar-refractivity contribution in [3.8, 4) is 0 Å². The van der Waals surface area contributed by atoms with E-state index in [9.17, 15) is 12.8 Å². The maximum absolute atomic E-state index is 13.0. The molecule has 23 heavy (non-hydrogen) atoms. The molecule has 0 amide bonds. The fourth-order valence-corrected chi connectivity index (χ4v) is 5.03. The predicted molar refractivity (Wildman–Crippen MR) is 87.7 cm³/mol. The molecule has 3 rings (SSSR count). The molecule has 0 aromatic heterocycles. The molecule has 0 saturated carbocycles. The van der Waals surface area contributed by atoms with Crippen molar-refractivity contribution in [3.63, 3.8) is 0 Å². The van der Waals surface area contributed by atoms with Gasteiger partial charge in [-0.05, 0) is 37.5 Å². The van der Waals surface area contributed by atoms with Gasteiger partial charge in [0.25, 0.3) is 10.2 Å². The third kappa shape index (κ3) is 3.57. The van der Waals surface area contributed by atoms with Gasteiger partial charge >= 0.3 is 0 Å². The van der Waals surface area contributed by atoms with Gasteiger partial charge in [-0.15, -0.1) is 0 Å². The minimum atomic E-state index is -3.29. The molecule has 1 aromatic rings. The second-order valence-electron chi connectivity index (χ2n) is 6.28. The van der Waals surface area contributed by atoms with E-state index in [1.807, 2.05) is 0 Å². The molecule has 2 saturated heterocycles. The van der Waals surface area contributed by atoms with Crippen LogP contribution in [0.4, 0.5) is 4.39 Å².